The lowest BCUT2D eigenvalue weighted by Crippen LogP contribution is -2.44. The summed E-state index contributed by atoms with van der Waals surface area (Å²) in [5.74, 6) is 2.91. The van der Waals surface area contributed by atoms with Gasteiger partial charge in [-0.2, -0.15) is 0 Å². The molecule has 1 N–H and O–H groups in total. The van der Waals surface area contributed by atoms with Crippen molar-refractivity contribution in [2.45, 2.75) is 58.1 Å². The van der Waals surface area contributed by atoms with Gasteiger partial charge in [0.05, 0.1) is 0 Å². The Bertz CT molecular complexity index is 285. The summed E-state index contributed by atoms with van der Waals surface area (Å²) in [6.07, 6.45) is 9.32. The van der Waals surface area contributed by atoms with E-state index >= 15 is 0 Å². The number of rotatable bonds is 1. The van der Waals surface area contributed by atoms with Crippen molar-refractivity contribution in [1.82, 2.24) is 5.32 Å². The maximum absolute atomic E-state index is 11.6. The quantitative estimate of drug-likeness (QED) is 0.694. The first-order valence-corrected chi connectivity index (χ1v) is 5.88. The first kappa shape index (κ1) is 12.9. The van der Waals surface area contributed by atoms with Crippen molar-refractivity contribution in [1.29, 1.82) is 0 Å². The highest BCUT2D eigenvalue weighted by Gasteiger charge is 2.26. The molecule has 3 heteroatoms. The first-order valence-electron chi connectivity index (χ1n) is 5.88. The normalized spacial score (nSPS) is 25.6. The first-order chi connectivity index (χ1) is 7.42. The molecule has 1 amide bonds. The summed E-state index contributed by atoms with van der Waals surface area (Å²) in [6, 6.07) is 0.0774. The standard InChI is InChI=1S/C13H21NO2/c1-5-10-8-6-7-9-11(10)14-12(15)16-13(2,3)4/h1,10-11H,6-9H2,2-4H3,(H,14,15). The van der Waals surface area contributed by atoms with Crippen molar-refractivity contribution in [2.75, 3.05) is 0 Å². The topological polar surface area (TPSA) is 38.3 Å². The largest absolute Gasteiger partial charge is 0.444 e. The summed E-state index contributed by atoms with van der Waals surface area (Å²) in [7, 11) is 0. The molecule has 0 aromatic carbocycles. The zero-order valence-electron chi connectivity index (χ0n) is 10.4. The lowest BCUT2D eigenvalue weighted by Gasteiger charge is -2.29. The number of hydrogen-bond acceptors (Lipinski definition) is 2. The Balaban J connectivity index is 2.46. The van der Waals surface area contributed by atoms with E-state index < -0.39 is 5.60 Å². The van der Waals surface area contributed by atoms with Gasteiger partial charge in [-0.05, 0) is 33.6 Å². The van der Waals surface area contributed by atoms with E-state index in [2.05, 4.69) is 11.2 Å². The highest BCUT2D eigenvalue weighted by molar-refractivity contribution is 5.68. The summed E-state index contributed by atoms with van der Waals surface area (Å²) in [5, 5.41) is 2.87. The van der Waals surface area contributed by atoms with E-state index in [0.29, 0.717) is 0 Å². The molecule has 1 saturated carbocycles. The number of carbonyl (C=O) groups excluding carboxylic acids is 1. The molecule has 0 aliphatic heterocycles. The predicted molar refractivity (Wildman–Crippen MR) is 63.9 cm³/mol. The number of carbonyl (C=O) groups is 1. The molecule has 0 heterocycles. The van der Waals surface area contributed by atoms with Crippen LogP contribution in [0.1, 0.15) is 46.5 Å². The van der Waals surface area contributed by atoms with Gasteiger partial charge in [0.15, 0.2) is 0 Å². The Morgan fingerprint density at radius 2 is 2.00 bits per heavy atom. The second kappa shape index (κ2) is 5.25. The molecular weight excluding hydrogens is 202 g/mol. The van der Waals surface area contributed by atoms with E-state index in [9.17, 15) is 4.79 Å². The molecule has 0 aromatic heterocycles. The summed E-state index contributed by atoms with van der Waals surface area (Å²) in [4.78, 5) is 11.6. The molecule has 0 bridgehead atoms. The number of nitrogens with one attached hydrogen (secondary N) is 1. The number of alkyl carbamates (subject to hydrolysis) is 1. The highest BCUT2D eigenvalue weighted by Crippen LogP contribution is 2.24. The number of hydrogen-bond donors (Lipinski definition) is 1. The van der Waals surface area contributed by atoms with Crippen molar-refractivity contribution in [3.05, 3.63) is 0 Å². The summed E-state index contributed by atoms with van der Waals surface area (Å²) in [5.41, 5.74) is -0.454. The van der Waals surface area contributed by atoms with Gasteiger partial charge in [-0.3, -0.25) is 0 Å². The summed E-state index contributed by atoms with van der Waals surface area (Å²) in [6.45, 7) is 5.56. The molecule has 90 valence electrons. The van der Waals surface area contributed by atoms with E-state index in [1.54, 1.807) is 0 Å². The number of terminal acetylenes is 1. The average Bonchev–Trinajstić information content (AvgIpc) is 2.15. The molecule has 1 aliphatic carbocycles. The molecule has 0 spiro atoms. The minimum Gasteiger partial charge on any atom is -0.444 e. The van der Waals surface area contributed by atoms with Crippen LogP contribution in [0.3, 0.4) is 0 Å². The third-order valence-electron chi connectivity index (χ3n) is 2.68. The van der Waals surface area contributed by atoms with Gasteiger partial charge in [0.2, 0.25) is 0 Å². The fourth-order valence-electron chi connectivity index (χ4n) is 1.96. The van der Waals surface area contributed by atoms with Gasteiger partial charge in [-0.1, -0.05) is 12.8 Å². The molecule has 16 heavy (non-hydrogen) atoms. The third-order valence-corrected chi connectivity index (χ3v) is 2.68. The monoisotopic (exact) mass is 223 g/mol. The molecule has 2 atom stereocenters. The van der Waals surface area contributed by atoms with E-state index in [1.807, 2.05) is 20.8 Å². The van der Waals surface area contributed by atoms with Crippen LogP contribution in [0.25, 0.3) is 0 Å². The molecule has 1 aliphatic rings. The van der Waals surface area contributed by atoms with Crippen LogP contribution in [0.4, 0.5) is 4.79 Å². The van der Waals surface area contributed by atoms with Crippen molar-refractivity contribution in [2.24, 2.45) is 5.92 Å². The maximum atomic E-state index is 11.6. The Morgan fingerprint density at radius 3 is 2.56 bits per heavy atom. The van der Waals surface area contributed by atoms with E-state index in [4.69, 9.17) is 11.2 Å². The third kappa shape index (κ3) is 4.14. The summed E-state index contributed by atoms with van der Waals surface area (Å²) >= 11 is 0. The predicted octanol–water partition coefficient (Wildman–Crippen LogP) is 2.70. The van der Waals surface area contributed by atoms with Crippen LogP contribution >= 0.6 is 0 Å². The SMILES string of the molecule is C#CC1CCCCC1NC(=O)OC(C)(C)C. The highest BCUT2D eigenvalue weighted by atomic mass is 16.6. The minimum atomic E-state index is -0.454. The lowest BCUT2D eigenvalue weighted by molar-refractivity contribution is 0.0481. The number of amides is 1. The van der Waals surface area contributed by atoms with Crippen molar-refractivity contribution in [3.8, 4) is 12.3 Å². The second-order valence-corrected chi connectivity index (χ2v) is 5.31. The maximum Gasteiger partial charge on any atom is 0.407 e. The van der Waals surface area contributed by atoms with Gasteiger partial charge < -0.3 is 10.1 Å². The minimum absolute atomic E-state index is 0.0774. The van der Waals surface area contributed by atoms with Gasteiger partial charge in [0, 0.05) is 12.0 Å². The fourth-order valence-corrected chi connectivity index (χ4v) is 1.96. The van der Waals surface area contributed by atoms with Gasteiger partial charge >= 0.3 is 6.09 Å². The Morgan fingerprint density at radius 1 is 1.38 bits per heavy atom. The van der Waals surface area contributed by atoms with E-state index in [0.717, 1.165) is 25.7 Å². The molecule has 0 aromatic rings. The van der Waals surface area contributed by atoms with Gasteiger partial charge in [-0.25, -0.2) is 4.79 Å². The van der Waals surface area contributed by atoms with Crippen molar-refractivity contribution in [3.63, 3.8) is 0 Å². The van der Waals surface area contributed by atoms with Crippen LogP contribution < -0.4 is 5.32 Å². The zero-order chi connectivity index (χ0) is 12.2. The molecule has 3 nitrogen and oxygen atoms in total. The van der Waals surface area contributed by atoms with Gasteiger partial charge in [0.1, 0.15) is 5.60 Å². The Kier molecular flexibility index (Phi) is 4.23. The van der Waals surface area contributed by atoms with Crippen LogP contribution in [0.2, 0.25) is 0 Å². The van der Waals surface area contributed by atoms with Crippen LogP contribution in [0, 0.1) is 18.3 Å². The molecule has 1 rings (SSSR count). The van der Waals surface area contributed by atoms with Crippen LogP contribution in [-0.2, 0) is 4.74 Å². The zero-order valence-corrected chi connectivity index (χ0v) is 10.4. The van der Waals surface area contributed by atoms with Crippen LogP contribution in [0.5, 0.6) is 0 Å². The molecule has 0 radical (unpaired) electrons. The lowest BCUT2D eigenvalue weighted by atomic mass is 9.85. The smallest absolute Gasteiger partial charge is 0.407 e. The van der Waals surface area contributed by atoms with Gasteiger partial charge in [0.25, 0.3) is 0 Å². The second-order valence-electron chi connectivity index (χ2n) is 5.31. The fraction of sp³-hybridized carbons (Fsp3) is 0.769. The molecular formula is C13H21NO2. The Labute approximate surface area is 97.9 Å². The average molecular weight is 223 g/mol. The van der Waals surface area contributed by atoms with E-state index in [1.165, 1.54) is 0 Å². The Hall–Kier alpha value is -1.17. The molecule has 0 saturated heterocycles. The molecule has 2 unspecified atom stereocenters. The summed E-state index contributed by atoms with van der Waals surface area (Å²) < 4.78 is 5.21. The van der Waals surface area contributed by atoms with Crippen LogP contribution in [0.15, 0.2) is 0 Å². The van der Waals surface area contributed by atoms with Crippen molar-refractivity contribution < 1.29 is 9.53 Å². The molecule has 1 fully saturated rings. The van der Waals surface area contributed by atoms with Crippen molar-refractivity contribution >= 4 is 6.09 Å². The van der Waals surface area contributed by atoms with E-state index in [-0.39, 0.29) is 18.1 Å². The number of ether oxygens (including phenoxy) is 1. The van der Waals surface area contributed by atoms with Gasteiger partial charge in [-0.15, -0.1) is 12.3 Å². The van der Waals surface area contributed by atoms with Crippen LogP contribution in [-0.4, -0.2) is 17.7 Å².